The van der Waals surface area contributed by atoms with E-state index >= 15 is 0 Å². The van der Waals surface area contributed by atoms with Gasteiger partial charge in [-0.1, -0.05) is 11.6 Å². The third kappa shape index (κ3) is 3.10. The molecule has 10 nitrogen and oxygen atoms in total. The summed E-state index contributed by atoms with van der Waals surface area (Å²) in [7, 11) is 1.35. The van der Waals surface area contributed by atoms with E-state index in [1.165, 1.54) is 25.4 Å². The van der Waals surface area contributed by atoms with Gasteiger partial charge in [-0.15, -0.1) is 10.2 Å². The number of methoxy groups -OCH3 is 1. The molecule has 0 aliphatic carbocycles. The Kier molecular flexibility index (Phi) is 4.50. The van der Waals surface area contributed by atoms with E-state index in [4.69, 9.17) is 21.6 Å². The number of halogens is 1. The molecule has 0 aliphatic rings. The number of nitrogens with zero attached hydrogens (tertiary/aromatic N) is 5. The van der Waals surface area contributed by atoms with Crippen LogP contribution in [0.25, 0.3) is 5.57 Å². The molecule has 0 saturated carbocycles. The standard InChI is InChI=1S/C11H8ClN7O3/c1-22-10-3-9(19(20)21)7(12)2-8(10)14-5-6(4-13)11-15-17-18-16-11/h2-3,5,14H,1H3,(H,15,16,17,18). The molecule has 0 spiro atoms. The maximum absolute atomic E-state index is 10.8. The molecule has 0 fully saturated rings. The van der Waals surface area contributed by atoms with Gasteiger partial charge < -0.3 is 10.1 Å². The summed E-state index contributed by atoms with van der Waals surface area (Å²) in [5.41, 5.74) is 0.159. The van der Waals surface area contributed by atoms with Crippen molar-refractivity contribution in [3.63, 3.8) is 0 Å². The van der Waals surface area contributed by atoms with Crippen LogP contribution in [0.4, 0.5) is 11.4 Å². The van der Waals surface area contributed by atoms with E-state index in [9.17, 15) is 10.1 Å². The minimum Gasteiger partial charge on any atom is -0.494 e. The van der Waals surface area contributed by atoms with E-state index < -0.39 is 4.92 Å². The lowest BCUT2D eigenvalue weighted by Crippen LogP contribution is -1.98. The Bertz CT molecular complexity index is 767. The minimum absolute atomic E-state index is 0.0697. The van der Waals surface area contributed by atoms with Crippen LogP contribution in [0.3, 0.4) is 0 Å². The van der Waals surface area contributed by atoms with Crippen molar-refractivity contribution in [2.75, 3.05) is 12.4 Å². The molecule has 0 amide bonds. The topological polar surface area (TPSA) is 143 Å². The first-order valence-corrected chi connectivity index (χ1v) is 6.07. The number of aromatic nitrogens is 4. The largest absolute Gasteiger partial charge is 0.494 e. The first kappa shape index (κ1) is 15.2. The van der Waals surface area contributed by atoms with Crippen LogP contribution < -0.4 is 10.1 Å². The van der Waals surface area contributed by atoms with Gasteiger partial charge >= 0.3 is 0 Å². The number of rotatable bonds is 5. The van der Waals surface area contributed by atoms with E-state index in [0.717, 1.165) is 0 Å². The molecule has 2 rings (SSSR count). The normalized spacial score (nSPS) is 10.9. The number of benzene rings is 1. The molecule has 112 valence electrons. The van der Waals surface area contributed by atoms with Gasteiger partial charge in [0.25, 0.3) is 5.69 Å². The Hall–Kier alpha value is -3.19. The number of nitro benzene ring substituents is 1. The van der Waals surface area contributed by atoms with Gasteiger partial charge in [-0.2, -0.15) is 10.5 Å². The minimum atomic E-state index is -0.621. The van der Waals surface area contributed by atoms with Crippen molar-refractivity contribution < 1.29 is 9.66 Å². The van der Waals surface area contributed by atoms with Crippen molar-refractivity contribution in [3.8, 4) is 11.8 Å². The fraction of sp³-hybridized carbons (Fsp3) is 0.0909. The number of nitriles is 1. The highest BCUT2D eigenvalue weighted by Gasteiger charge is 2.17. The number of tetrazole rings is 1. The Morgan fingerprint density at radius 3 is 2.95 bits per heavy atom. The fourth-order valence-corrected chi connectivity index (χ4v) is 1.77. The second kappa shape index (κ2) is 6.51. The van der Waals surface area contributed by atoms with E-state index in [1.54, 1.807) is 0 Å². The quantitative estimate of drug-likeness (QED) is 0.481. The van der Waals surface area contributed by atoms with Gasteiger partial charge in [-0.3, -0.25) is 10.1 Å². The zero-order valence-corrected chi connectivity index (χ0v) is 11.8. The second-order valence-corrected chi connectivity index (χ2v) is 4.22. The smallest absolute Gasteiger partial charge is 0.291 e. The van der Waals surface area contributed by atoms with Crippen molar-refractivity contribution >= 4 is 28.5 Å². The molecule has 0 bridgehead atoms. The van der Waals surface area contributed by atoms with Gasteiger partial charge in [0.05, 0.1) is 23.8 Å². The summed E-state index contributed by atoms with van der Waals surface area (Å²) in [6.07, 6.45) is 1.31. The summed E-state index contributed by atoms with van der Waals surface area (Å²) in [6.45, 7) is 0. The van der Waals surface area contributed by atoms with Crippen LogP contribution in [0, 0.1) is 21.4 Å². The summed E-state index contributed by atoms with van der Waals surface area (Å²) < 4.78 is 5.06. The summed E-state index contributed by atoms with van der Waals surface area (Å²) in [4.78, 5) is 10.2. The Morgan fingerprint density at radius 2 is 2.41 bits per heavy atom. The molecule has 0 saturated heterocycles. The molecule has 2 N–H and O–H groups in total. The maximum Gasteiger partial charge on any atom is 0.291 e. The first-order valence-electron chi connectivity index (χ1n) is 5.69. The number of H-pyrrole nitrogens is 1. The number of ether oxygens (including phenoxy) is 1. The molecule has 1 aromatic carbocycles. The Labute approximate surface area is 128 Å². The van der Waals surface area contributed by atoms with Gasteiger partial charge in [0.15, 0.2) is 0 Å². The molecule has 2 aromatic rings. The SMILES string of the molecule is COc1cc([N+](=O)[O-])c(Cl)cc1NC=C(C#N)c1nn[nH]n1. The molecule has 22 heavy (non-hydrogen) atoms. The predicted molar refractivity (Wildman–Crippen MR) is 76.0 cm³/mol. The Morgan fingerprint density at radius 1 is 1.64 bits per heavy atom. The Balaban J connectivity index is 2.35. The molecule has 1 heterocycles. The van der Waals surface area contributed by atoms with Crippen LogP contribution in [0.1, 0.15) is 5.82 Å². The number of allylic oxidation sites excluding steroid dienone is 1. The molecule has 0 atom stereocenters. The number of hydrogen-bond donors (Lipinski definition) is 2. The van der Waals surface area contributed by atoms with Crippen molar-refractivity contribution in [2.45, 2.75) is 0 Å². The summed E-state index contributed by atoms with van der Waals surface area (Å²) in [5, 5.41) is 35.5. The second-order valence-electron chi connectivity index (χ2n) is 3.81. The highest BCUT2D eigenvalue weighted by molar-refractivity contribution is 6.33. The molecule has 11 heteroatoms. The molecule has 0 unspecified atom stereocenters. The van der Waals surface area contributed by atoms with E-state index in [1.807, 2.05) is 6.07 Å². The zero-order valence-electron chi connectivity index (χ0n) is 11.1. The van der Waals surface area contributed by atoms with Gasteiger partial charge in [0, 0.05) is 6.20 Å². The molecule has 0 radical (unpaired) electrons. The van der Waals surface area contributed by atoms with Crippen LogP contribution in [0.2, 0.25) is 5.02 Å². The van der Waals surface area contributed by atoms with Gasteiger partial charge in [0.2, 0.25) is 5.82 Å². The van der Waals surface area contributed by atoms with Crippen LogP contribution >= 0.6 is 11.6 Å². The summed E-state index contributed by atoms with van der Waals surface area (Å²) >= 11 is 5.84. The summed E-state index contributed by atoms with van der Waals surface area (Å²) in [6, 6.07) is 4.39. The fourth-order valence-electron chi connectivity index (χ4n) is 1.54. The molecule has 0 aliphatic heterocycles. The van der Waals surface area contributed by atoms with Gasteiger partial charge in [-0.25, -0.2) is 0 Å². The third-order valence-corrected chi connectivity index (χ3v) is 2.85. The van der Waals surface area contributed by atoms with Crippen molar-refractivity contribution in [1.82, 2.24) is 20.6 Å². The third-order valence-electron chi connectivity index (χ3n) is 2.54. The average Bonchev–Trinajstić information content (AvgIpc) is 3.02. The highest BCUT2D eigenvalue weighted by Crippen LogP contribution is 2.35. The predicted octanol–water partition coefficient (Wildman–Crippen LogP) is 1.75. The van der Waals surface area contributed by atoms with Crippen LogP contribution in [0.15, 0.2) is 18.3 Å². The van der Waals surface area contributed by atoms with E-state index in [0.29, 0.717) is 5.69 Å². The number of anilines is 1. The molecule has 1 aromatic heterocycles. The number of hydrogen-bond acceptors (Lipinski definition) is 8. The number of nitro groups is 1. The monoisotopic (exact) mass is 321 g/mol. The van der Waals surface area contributed by atoms with Gasteiger partial charge in [0.1, 0.15) is 22.4 Å². The highest BCUT2D eigenvalue weighted by atomic mass is 35.5. The number of nitrogens with one attached hydrogen (secondary N) is 2. The van der Waals surface area contributed by atoms with Crippen molar-refractivity contribution in [2.24, 2.45) is 0 Å². The van der Waals surface area contributed by atoms with Crippen LogP contribution in [0.5, 0.6) is 5.75 Å². The maximum atomic E-state index is 10.8. The summed E-state index contributed by atoms with van der Waals surface area (Å²) in [5.74, 6) is 0.291. The van der Waals surface area contributed by atoms with Crippen LogP contribution in [-0.2, 0) is 0 Å². The number of aromatic amines is 1. The zero-order chi connectivity index (χ0) is 16.1. The lowest BCUT2D eigenvalue weighted by molar-refractivity contribution is -0.384. The van der Waals surface area contributed by atoms with E-state index in [-0.39, 0.29) is 27.9 Å². The average molecular weight is 322 g/mol. The van der Waals surface area contributed by atoms with Crippen molar-refractivity contribution in [3.05, 3.63) is 39.3 Å². The van der Waals surface area contributed by atoms with Crippen LogP contribution in [-0.4, -0.2) is 32.7 Å². The molecular weight excluding hydrogens is 314 g/mol. The molecular formula is C11H8ClN7O3. The van der Waals surface area contributed by atoms with E-state index in [2.05, 4.69) is 25.9 Å². The van der Waals surface area contributed by atoms with Crippen molar-refractivity contribution in [1.29, 1.82) is 5.26 Å². The first-order chi connectivity index (χ1) is 10.6. The van der Waals surface area contributed by atoms with Gasteiger partial charge in [-0.05, 0) is 11.3 Å². The lowest BCUT2D eigenvalue weighted by Gasteiger charge is -2.09. The lowest BCUT2D eigenvalue weighted by atomic mass is 10.2.